The van der Waals surface area contributed by atoms with Crippen molar-refractivity contribution in [2.45, 2.75) is 43.8 Å². The molecular weight excluding hydrogens is 416 g/mol. The van der Waals surface area contributed by atoms with Gasteiger partial charge >= 0.3 is 0 Å². The number of carbonyl (C=O) groups excluding carboxylic acids is 2. The molecule has 4 nitrogen and oxygen atoms in total. The molecule has 0 aliphatic carbocycles. The van der Waals surface area contributed by atoms with Crippen LogP contribution < -0.4 is 5.32 Å². The van der Waals surface area contributed by atoms with Crippen LogP contribution in [-0.4, -0.2) is 34.6 Å². The largest absolute Gasteiger partial charge is 0.352 e. The minimum Gasteiger partial charge on any atom is -0.352 e. The highest BCUT2D eigenvalue weighted by Crippen LogP contribution is 2.21. The Labute approximate surface area is 195 Å². The van der Waals surface area contributed by atoms with Gasteiger partial charge in [0.05, 0.1) is 5.75 Å². The molecule has 0 aliphatic heterocycles. The Morgan fingerprint density at radius 1 is 0.812 bits per heavy atom. The number of benzene rings is 3. The van der Waals surface area contributed by atoms with Crippen LogP contribution in [0.1, 0.15) is 25.0 Å². The first-order chi connectivity index (χ1) is 15.5. The van der Waals surface area contributed by atoms with Crippen molar-refractivity contribution in [3.8, 4) is 0 Å². The molecule has 1 N–H and O–H groups in total. The van der Waals surface area contributed by atoms with Gasteiger partial charge in [0.2, 0.25) is 11.8 Å². The summed E-state index contributed by atoms with van der Waals surface area (Å²) < 4.78 is 0. The molecule has 0 heterocycles. The molecule has 0 spiro atoms. The predicted molar refractivity (Wildman–Crippen MR) is 131 cm³/mol. The standard InChI is InChI=1S/C27H30N2O2S/c1-21(2)28-27(31)25(18-22-12-6-3-7-13-22)29(19-23-14-8-4-9-15-23)26(30)20-32-24-16-10-5-11-17-24/h3-17,21,25H,18-20H2,1-2H3,(H,28,31)/t25-/m0/s1. The second kappa shape index (κ2) is 12.1. The van der Waals surface area contributed by atoms with Crippen molar-refractivity contribution in [3.05, 3.63) is 102 Å². The topological polar surface area (TPSA) is 49.4 Å². The molecule has 0 fully saturated rings. The highest BCUT2D eigenvalue weighted by molar-refractivity contribution is 8.00. The van der Waals surface area contributed by atoms with Gasteiger partial charge in [-0.3, -0.25) is 9.59 Å². The number of thioether (sulfide) groups is 1. The van der Waals surface area contributed by atoms with Crippen molar-refractivity contribution in [1.29, 1.82) is 0 Å². The second-order valence-electron chi connectivity index (χ2n) is 7.98. The summed E-state index contributed by atoms with van der Waals surface area (Å²) in [6.07, 6.45) is 0.466. The summed E-state index contributed by atoms with van der Waals surface area (Å²) in [5.41, 5.74) is 2.03. The minimum absolute atomic E-state index is 0.00635. The molecule has 0 bridgehead atoms. The molecule has 0 aromatic heterocycles. The minimum atomic E-state index is -0.594. The number of hydrogen-bond acceptors (Lipinski definition) is 3. The molecule has 3 aromatic carbocycles. The van der Waals surface area contributed by atoms with Crippen molar-refractivity contribution in [3.63, 3.8) is 0 Å². The van der Waals surface area contributed by atoms with E-state index in [9.17, 15) is 9.59 Å². The summed E-state index contributed by atoms with van der Waals surface area (Å²) in [5.74, 6) is 0.0947. The lowest BCUT2D eigenvalue weighted by Crippen LogP contribution is -2.52. The first-order valence-corrected chi connectivity index (χ1v) is 11.9. The van der Waals surface area contributed by atoms with Gasteiger partial charge in [-0.05, 0) is 37.1 Å². The molecule has 0 saturated carbocycles. The Bertz CT molecular complexity index is 978. The number of rotatable bonds is 10. The fraction of sp³-hybridized carbons (Fsp3) is 0.259. The molecule has 1 atom stereocenters. The average Bonchev–Trinajstić information content (AvgIpc) is 2.81. The number of nitrogens with one attached hydrogen (secondary N) is 1. The third-order valence-corrected chi connectivity index (χ3v) is 6.00. The van der Waals surface area contributed by atoms with E-state index in [0.29, 0.717) is 13.0 Å². The van der Waals surface area contributed by atoms with E-state index >= 15 is 0 Å². The number of amides is 2. The number of nitrogens with zero attached hydrogens (tertiary/aromatic N) is 1. The fourth-order valence-corrected chi connectivity index (χ4v) is 4.27. The van der Waals surface area contributed by atoms with E-state index in [1.54, 1.807) is 4.90 Å². The van der Waals surface area contributed by atoms with Crippen LogP contribution in [0.3, 0.4) is 0 Å². The summed E-state index contributed by atoms with van der Waals surface area (Å²) in [6.45, 7) is 4.26. The lowest BCUT2D eigenvalue weighted by atomic mass is 10.0. The van der Waals surface area contributed by atoms with Crippen LogP contribution in [0.15, 0.2) is 95.9 Å². The lowest BCUT2D eigenvalue weighted by molar-refractivity contribution is -0.139. The Morgan fingerprint density at radius 3 is 1.91 bits per heavy atom. The zero-order valence-electron chi connectivity index (χ0n) is 18.6. The van der Waals surface area contributed by atoms with Gasteiger partial charge in [-0.2, -0.15) is 0 Å². The Hall–Kier alpha value is -3.05. The van der Waals surface area contributed by atoms with E-state index < -0.39 is 6.04 Å². The van der Waals surface area contributed by atoms with Crippen molar-refractivity contribution in [2.24, 2.45) is 0 Å². The molecule has 0 aliphatic rings. The fourth-order valence-electron chi connectivity index (χ4n) is 3.46. The Kier molecular flexibility index (Phi) is 8.93. The predicted octanol–water partition coefficient (Wildman–Crippen LogP) is 4.94. The van der Waals surface area contributed by atoms with Crippen molar-refractivity contribution < 1.29 is 9.59 Å². The third kappa shape index (κ3) is 7.27. The van der Waals surface area contributed by atoms with Crippen molar-refractivity contribution in [2.75, 3.05) is 5.75 Å². The smallest absolute Gasteiger partial charge is 0.243 e. The molecule has 166 valence electrons. The van der Waals surface area contributed by atoms with Gasteiger partial charge in [0.25, 0.3) is 0 Å². The SMILES string of the molecule is CC(C)NC(=O)[C@H](Cc1ccccc1)N(Cc1ccccc1)C(=O)CSc1ccccc1. The van der Waals surface area contributed by atoms with E-state index in [1.165, 1.54) is 11.8 Å². The molecule has 0 saturated heterocycles. The highest BCUT2D eigenvalue weighted by Gasteiger charge is 2.30. The maximum atomic E-state index is 13.5. The van der Waals surface area contributed by atoms with Crippen LogP contribution in [0, 0.1) is 0 Å². The monoisotopic (exact) mass is 446 g/mol. The first kappa shape index (κ1) is 23.6. The molecule has 32 heavy (non-hydrogen) atoms. The van der Waals surface area contributed by atoms with Gasteiger partial charge in [0, 0.05) is 23.9 Å². The highest BCUT2D eigenvalue weighted by atomic mass is 32.2. The number of carbonyl (C=O) groups is 2. The maximum absolute atomic E-state index is 13.5. The average molecular weight is 447 g/mol. The van der Waals surface area contributed by atoms with Gasteiger partial charge in [0.15, 0.2) is 0 Å². The zero-order valence-corrected chi connectivity index (χ0v) is 19.4. The van der Waals surface area contributed by atoms with Gasteiger partial charge in [-0.25, -0.2) is 0 Å². The van der Waals surface area contributed by atoms with E-state index in [2.05, 4.69) is 5.32 Å². The quantitative estimate of drug-likeness (QED) is 0.449. The van der Waals surface area contributed by atoms with Crippen LogP contribution in [0.4, 0.5) is 0 Å². The summed E-state index contributed by atoms with van der Waals surface area (Å²) >= 11 is 1.49. The van der Waals surface area contributed by atoms with E-state index in [4.69, 9.17) is 0 Å². The normalized spacial score (nSPS) is 11.7. The Balaban J connectivity index is 1.87. The van der Waals surface area contributed by atoms with Gasteiger partial charge < -0.3 is 10.2 Å². The zero-order chi connectivity index (χ0) is 22.8. The van der Waals surface area contributed by atoms with Crippen LogP contribution >= 0.6 is 11.8 Å². The summed E-state index contributed by atoms with van der Waals surface area (Å²) in [4.78, 5) is 29.5. The lowest BCUT2D eigenvalue weighted by Gasteiger charge is -2.32. The number of hydrogen-bond donors (Lipinski definition) is 1. The van der Waals surface area contributed by atoms with Gasteiger partial charge in [-0.1, -0.05) is 78.9 Å². The van der Waals surface area contributed by atoms with E-state index in [1.807, 2.05) is 105 Å². The van der Waals surface area contributed by atoms with Crippen molar-refractivity contribution >= 4 is 23.6 Å². The molecule has 5 heteroatoms. The van der Waals surface area contributed by atoms with Crippen LogP contribution in [0.25, 0.3) is 0 Å². The third-order valence-electron chi connectivity index (χ3n) is 5.00. The van der Waals surface area contributed by atoms with Crippen molar-refractivity contribution in [1.82, 2.24) is 10.2 Å². The molecular formula is C27H30N2O2S. The van der Waals surface area contributed by atoms with Gasteiger partial charge in [0.1, 0.15) is 6.04 Å². The van der Waals surface area contributed by atoms with Crippen LogP contribution in [-0.2, 0) is 22.6 Å². The molecule has 3 rings (SSSR count). The molecule has 2 amide bonds. The summed E-state index contributed by atoms with van der Waals surface area (Å²) in [7, 11) is 0. The van der Waals surface area contributed by atoms with Gasteiger partial charge in [-0.15, -0.1) is 11.8 Å². The maximum Gasteiger partial charge on any atom is 0.243 e. The second-order valence-corrected chi connectivity index (χ2v) is 9.03. The van der Waals surface area contributed by atoms with E-state index in [0.717, 1.165) is 16.0 Å². The van der Waals surface area contributed by atoms with Crippen LogP contribution in [0.5, 0.6) is 0 Å². The Morgan fingerprint density at radius 2 is 1.34 bits per heavy atom. The first-order valence-electron chi connectivity index (χ1n) is 10.9. The molecule has 0 unspecified atom stereocenters. The van der Waals surface area contributed by atoms with Crippen LogP contribution in [0.2, 0.25) is 0 Å². The molecule has 3 aromatic rings. The molecule has 0 radical (unpaired) electrons. The summed E-state index contributed by atoms with van der Waals surface area (Å²) in [6, 6.07) is 29.0. The van der Waals surface area contributed by atoms with E-state index in [-0.39, 0.29) is 23.6 Å². The summed E-state index contributed by atoms with van der Waals surface area (Å²) in [5, 5.41) is 3.02.